The van der Waals surface area contributed by atoms with Gasteiger partial charge in [0.05, 0.1) is 6.10 Å². The average Bonchev–Trinajstić information content (AvgIpc) is 2.64. The minimum absolute atomic E-state index is 0.0549. The highest BCUT2D eigenvalue weighted by Crippen LogP contribution is 2.29. The van der Waals surface area contributed by atoms with E-state index in [2.05, 4.69) is 6.92 Å². The molecule has 1 heterocycles. The first-order chi connectivity index (χ1) is 13.2. The number of carbonyl (C=O) groups excluding carboxylic acids is 1. The summed E-state index contributed by atoms with van der Waals surface area (Å²) in [4.78, 5) is 11.2. The van der Waals surface area contributed by atoms with E-state index in [4.69, 9.17) is 4.74 Å². The fraction of sp³-hybridized carbons (Fsp3) is 0.957. The van der Waals surface area contributed by atoms with Gasteiger partial charge in [-0.25, -0.2) is 0 Å². The van der Waals surface area contributed by atoms with Crippen molar-refractivity contribution in [2.24, 2.45) is 0 Å². The van der Waals surface area contributed by atoms with Gasteiger partial charge in [0.25, 0.3) is 0 Å². The van der Waals surface area contributed by atoms with Gasteiger partial charge < -0.3 is 9.84 Å². The van der Waals surface area contributed by atoms with Crippen LogP contribution in [0.15, 0.2) is 0 Å². The van der Waals surface area contributed by atoms with E-state index < -0.39 is 0 Å². The number of carbonyl (C=O) groups is 1. The topological polar surface area (TPSA) is 46.5 Å². The van der Waals surface area contributed by atoms with Crippen molar-refractivity contribution in [3.63, 3.8) is 0 Å². The molecule has 27 heavy (non-hydrogen) atoms. The molecule has 1 N–H and O–H groups in total. The SMILES string of the molecule is CCCCCCCCCCCCCCCCCC(O)C[C@H]1OC(=O)[C@@H]1SC. The molecule has 0 saturated carbocycles. The number of aliphatic hydroxyl groups is 1. The van der Waals surface area contributed by atoms with Crippen molar-refractivity contribution in [1.29, 1.82) is 0 Å². The van der Waals surface area contributed by atoms with E-state index in [0.29, 0.717) is 6.42 Å². The van der Waals surface area contributed by atoms with Gasteiger partial charge in [-0.1, -0.05) is 103 Å². The maximum atomic E-state index is 11.2. The zero-order valence-corrected chi connectivity index (χ0v) is 18.7. The van der Waals surface area contributed by atoms with E-state index >= 15 is 0 Å². The second-order valence-electron chi connectivity index (χ2n) is 8.26. The Balaban J connectivity index is 1.77. The van der Waals surface area contributed by atoms with Crippen LogP contribution < -0.4 is 0 Å². The van der Waals surface area contributed by atoms with Gasteiger partial charge >= 0.3 is 5.97 Å². The molecule has 0 aromatic carbocycles. The number of cyclic esters (lactones) is 1. The first-order valence-electron chi connectivity index (χ1n) is 11.6. The van der Waals surface area contributed by atoms with Crippen molar-refractivity contribution in [2.75, 3.05) is 6.26 Å². The molecular weight excluding hydrogens is 356 g/mol. The van der Waals surface area contributed by atoms with Gasteiger partial charge in [-0.3, -0.25) is 4.79 Å². The highest BCUT2D eigenvalue weighted by Gasteiger charge is 2.42. The van der Waals surface area contributed by atoms with E-state index in [9.17, 15) is 9.90 Å². The summed E-state index contributed by atoms with van der Waals surface area (Å²) in [6.07, 6.45) is 23.4. The number of esters is 1. The zero-order valence-electron chi connectivity index (χ0n) is 17.9. The lowest BCUT2D eigenvalue weighted by molar-refractivity contribution is -0.169. The minimum atomic E-state index is -0.320. The Bertz CT molecular complexity index is 362. The fourth-order valence-corrected chi connectivity index (χ4v) is 4.63. The number of unbranched alkanes of at least 4 members (excludes halogenated alkanes) is 14. The molecule has 3 atom stereocenters. The Hall–Kier alpha value is -0.220. The molecule has 0 aliphatic carbocycles. The maximum Gasteiger partial charge on any atom is 0.323 e. The van der Waals surface area contributed by atoms with E-state index in [0.717, 1.165) is 12.8 Å². The summed E-state index contributed by atoms with van der Waals surface area (Å²) in [5, 5.41) is 10.0. The van der Waals surface area contributed by atoms with Gasteiger partial charge in [-0.2, -0.15) is 0 Å². The average molecular weight is 401 g/mol. The van der Waals surface area contributed by atoms with Crippen molar-refractivity contribution in [1.82, 2.24) is 0 Å². The summed E-state index contributed by atoms with van der Waals surface area (Å²) in [7, 11) is 0. The third-order valence-electron chi connectivity index (χ3n) is 5.74. The molecule has 1 saturated heterocycles. The van der Waals surface area contributed by atoms with Crippen LogP contribution in [0.2, 0.25) is 0 Å². The van der Waals surface area contributed by atoms with Crippen LogP contribution in [0.4, 0.5) is 0 Å². The third kappa shape index (κ3) is 12.1. The highest BCUT2D eigenvalue weighted by molar-refractivity contribution is 8.00. The molecule has 1 rings (SSSR count). The third-order valence-corrected chi connectivity index (χ3v) is 6.74. The Kier molecular flexibility index (Phi) is 15.4. The van der Waals surface area contributed by atoms with Crippen molar-refractivity contribution in [2.45, 2.75) is 134 Å². The molecule has 1 aliphatic rings. The van der Waals surface area contributed by atoms with Crippen LogP contribution in [0.5, 0.6) is 0 Å². The van der Waals surface area contributed by atoms with Gasteiger partial charge in [-0.05, 0) is 12.7 Å². The van der Waals surface area contributed by atoms with Crippen molar-refractivity contribution in [3.05, 3.63) is 0 Å². The fourth-order valence-electron chi connectivity index (χ4n) is 3.91. The largest absolute Gasteiger partial charge is 0.460 e. The molecule has 0 aromatic heterocycles. The molecule has 1 aliphatic heterocycles. The lowest BCUT2D eigenvalue weighted by Crippen LogP contribution is -2.49. The number of hydrogen-bond donors (Lipinski definition) is 1. The second kappa shape index (κ2) is 16.7. The lowest BCUT2D eigenvalue weighted by atomic mass is 9.99. The van der Waals surface area contributed by atoms with Crippen molar-refractivity contribution >= 4 is 17.7 Å². The normalized spacial score (nSPS) is 20.3. The molecule has 0 radical (unpaired) electrons. The molecule has 0 aromatic rings. The zero-order chi connectivity index (χ0) is 19.7. The number of rotatable bonds is 19. The Morgan fingerprint density at radius 2 is 1.30 bits per heavy atom. The quantitative estimate of drug-likeness (QED) is 0.195. The van der Waals surface area contributed by atoms with Crippen LogP contribution in [0.1, 0.15) is 116 Å². The predicted octanol–water partition coefficient (Wildman–Crippen LogP) is 6.66. The molecule has 160 valence electrons. The molecule has 0 bridgehead atoms. The van der Waals surface area contributed by atoms with Crippen molar-refractivity contribution < 1.29 is 14.6 Å². The first-order valence-corrected chi connectivity index (χ1v) is 12.9. The van der Waals surface area contributed by atoms with E-state index in [1.807, 2.05) is 6.26 Å². The molecule has 1 fully saturated rings. The summed E-state index contributed by atoms with van der Waals surface area (Å²) >= 11 is 1.53. The summed E-state index contributed by atoms with van der Waals surface area (Å²) in [6, 6.07) is 0. The van der Waals surface area contributed by atoms with Gasteiger partial charge in [0.1, 0.15) is 11.4 Å². The summed E-state index contributed by atoms with van der Waals surface area (Å²) in [5.41, 5.74) is 0. The van der Waals surface area contributed by atoms with Gasteiger partial charge in [0.2, 0.25) is 0 Å². The molecule has 3 nitrogen and oxygen atoms in total. The molecule has 4 heteroatoms. The molecule has 1 unspecified atom stereocenters. The maximum absolute atomic E-state index is 11.2. The predicted molar refractivity (Wildman–Crippen MR) is 117 cm³/mol. The highest BCUT2D eigenvalue weighted by atomic mass is 32.2. The molecule has 0 spiro atoms. The van der Waals surface area contributed by atoms with Crippen LogP contribution in [0.3, 0.4) is 0 Å². The summed E-state index contributed by atoms with van der Waals surface area (Å²) < 4.78 is 5.12. The Labute approximate surface area is 172 Å². The van der Waals surface area contributed by atoms with Crippen LogP contribution >= 0.6 is 11.8 Å². The van der Waals surface area contributed by atoms with E-state index in [1.165, 1.54) is 102 Å². The minimum Gasteiger partial charge on any atom is -0.460 e. The summed E-state index contributed by atoms with van der Waals surface area (Å²) in [5.74, 6) is -0.119. The van der Waals surface area contributed by atoms with Gasteiger partial charge in [-0.15, -0.1) is 11.8 Å². The van der Waals surface area contributed by atoms with Gasteiger partial charge in [0, 0.05) is 6.42 Å². The van der Waals surface area contributed by atoms with Gasteiger partial charge in [0.15, 0.2) is 0 Å². The standard InChI is InChI=1S/C23H44O3S/c1-3-4-5-6-7-8-9-10-11-12-13-14-15-16-17-18-20(24)19-21-22(27-2)23(25)26-21/h20-22,24H,3-19H2,1-2H3/t20?,21-,22-/m1/s1. The first kappa shape index (κ1) is 24.8. The van der Waals surface area contributed by atoms with E-state index in [1.54, 1.807) is 0 Å². The van der Waals surface area contributed by atoms with Crippen LogP contribution in [-0.4, -0.2) is 34.8 Å². The number of thioether (sulfide) groups is 1. The monoisotopic (exact) mass is 400 g/mol. The second-order valence-corrected chi connectivity index (χ2v) is 9.24. The lowest BCUT2D eigenvalue weighted by Gasteiger charge is -2.35. The molecular formula is C23H44O3S. The number of aliphatic hydroxyl groups excluding tert-OH is 1. The van der Waals surface area contributed by atoms with Crippen molar-refractivity contribution in [3.8, 4) is 0 Å². The Morgan fingerprint density at radius 3 is 1.70 bits per heavy atom. The Morgan fingerprint density at radius 1 is 0.852 bits per heavy atom. The van der Waals surface area contributed by atoms with Crippen LogP contribution in [0, 0.1) is 0 Å². The summed E-state index contributed by atoms with van der Waals surface area (Å²) in [6.45, 7) is 2.28. The smallest absolute Gasteiger partial charge is 0.323 e. The molecule has 0 amide bonds. The van der Waals surface area contributed by atoms with Crippen LogP contribution in [0.25, 0.3) is 0 Å². The number of hydrogen-bond acceptors (Lipinski definition) is 4. The number of ether oxygens (including phenoxy) is 1. The van der Waals surface area contributed by atoms with Crippen LogP contribution in [-0.2, 0) is 9.53 Å². The van der Waals surface area contributed by atoms with E-state index in [-0.39, 0.29) is 23.4 Å².